The smallest absolute Gasteiger partial charge is 0.295 e. The van der Waals surface area contributed by atoms with Crippen molar-refractivity contribution in [3.63, 3.8) is 0 Å². The molecule has 1 unspecified atom stereocenters. The van der Waals surface area contributed by atoms with E-state index in [1.54, 1.807) is 49.6 Å². The monoisotopic (exact) mass is 415 g/mol. The Balaban J connectivity index is 2.15. The lowest BCUT2D eigenvalue weighted by atomic mass is 9.95. The number of carbonyl (C=O) groups excluding carboxylic acids is 2. The average molecular weight is 416 g/mol. The largest absolute Gasteiger partial charge is 0.507 e. The van der Waals surface area contributed by atoms with Crippen LogP contribution in [-0.2, 0) is 14.3 Å². The van der Waals surface area contributed by atoms with Gasteiger partial charge in [0.05, 0.1) is 25.3 Å². The predicted octanol–water partition coefficient (Wildman–Crippen LogP) is 3.73. The zero-order valence-electron chi connectivity index (χ0n) is 16.4. The van der Waals surface area contributed by atoms with Crippen LogP contribution in [0.4, 0.5) is 0 Å². The molecule has 1 heterocycles. The van der Waals surface area contributed by atoms with E-state index in [4.69, 9.17) is 21.1 Å². The molecule has 1 aliphatic rings. The molecule has 0 radical (unpaired) electrons. The van der Waals surface area contributed by atoms with E-state index in [9.17, 15) is 14.7 Å². The van der Waals surface area contributed by atoms with E-state index in [0.29, 0.717) is 21.9 Å². The van der Waals surface area contributed by atoms with Crippen molar-refractivity contribution in [2.24, 2.45) is 0 Å². The van der Waals surface area contributed by atoms with E-state index < -0.39 is 17.7 Å². The van der Waals surface area contributed by atoms with Crippen LogP contribution in [0, 0.1) is 6.92 Å². The summed E-state index contributed by atoms with van der Waals surface area (Å²) in [5.41, 5.74) is 1.95. The summed E-state index contributed by atoms with van der Waals surface area (Å²) in [4.78, 5) is 27.0. The fraction of sp³-hybridized carbons (Fsp3) is 0.273. The van der Waals surface area contributed by atoms with Crippen molar-refractivity contribution in [2.75, 3.05) is 27.4 Å². The molecule has 152 valence electrons. The molecule has 2 aromatic carbocycles. The van der Waals surface area contributed by atoms with Crippen LogP contribution in [0.2, 0.25) is 5.02 Å². The van der Waals surface area contributed by atoms with Gasteiger partial charge < -0.3 is 19.5 Å². The number of methoxy groups -OCH3 is 2. The lowest BCUT2D eigenvalue weighted by Crippen LogP contribution is -2.32. The predicted molar refractivity (Wildman–Crippen MR) is 110 cm³/mol. The number of benzene rings is 2. The van der Waals surface area contributed by atoms with Gasteiger partial charge in [0.1, 0.15) is 11.5 Å². The number of ketones is 1. The number of aliphatic hydroxyl groups excluding tert-OH is 1. The molecule has 1 aliphatic heterocycles. The number of hydrogen-bond donors (Lipinski definition) is 1. The van der Waals surface area contributed by atoms with Crippen LogP contribution in [-0.4, -0.2) is 49.1 Å². The highest BCUT2D eigenvalue weighted by atomic mass is 35.5. The molecule has 0 bridgehead atoms. The molecule has 0 spiro atoms. The summed E-state index contributed by atoms with van der Waals surface area (Å²) in [6, 6.07) is 11.2. The number of ether oxygens (including phenoxy) is 2. The van der Waals surface area contributed by atoms with Crippen LogP contribution in [0.3, 0.4) is 0 Å². The third kappa shape index (κ3) is 3.99. The highest BCUT2D eigenvalue weighted by molar-refractivity contribution is 6.46. The molecular formula is C22H22ClNO5. The number of Topliss-reactive ketones (excluding diaryl/α,β-unsaturated/α-hetero) is 1. The Bertz CT molecular complexity index is 968. The molecule has 0 aromatic heterocycles. The van der Waals surface area contributed by atoms with Gasteiger partial charge in [-0.25, -0.2) is 0 Å². The molecule has 1 amide bonds. The van der Waals surface area contributed by atoms with Gasteiger partial charge >= 0.3 is 0 Å². The number of aryl methyl sites for hydroxylation is 1. The van der Waals surface area contributed by atoms with Crippen molar-refractivity contribution < 1.29 is 24.2 Å². The Labute approximate surface area is 174 Å². The van der Waals surface area contributed by atoms with Gasteiger partial charge in [-0.1, -0.05) is 23.7 Å². The SMILES string of the molecule is COCCN1C(=O)C(=O)/C(=C(/O)c2ccc(OC)c(C)c2)C1c1ccc(Cl)cc1. The van der Waals surface area contributed by atoms with Crippen LogP contribution in [0.1, 0.15) is 22.7 Å². The standard InChI is InChI=1S/C22H22ClNO5/c1-13-12-15(6-9-17(13)29-3)20(25)18-19(14-4-7-16(23)8-5-14)24(10-11-28-2)22(27)21(18)26/h4-9,12,19,25H,10-11H2,1-3H3/b20-18+. The van der Waals surface area contributed by atoms with E-state index in [1.165, 1.54) is 12.0 Å². The van der Waals surface area contributed by atoms with Gasteiger partial charge in [0, 0.05) is 24.2 Å². The number of aliphatic hydroxyl groups is 1. The molecule has 6 nitrogen and oxygen atoms in total. The van der Waals surface area contributed by atoms with E-state index >= 15 is 0 Å². The first-order valence-electron chi connectivity index (χ1n) is 9.06. The fourth-order valence-corrected chi connectivity index (χ4v) is 3.60. The summed E-state index contributed by atoms with van der Waals surface area (Å²) in [6.45, 7) is 2.31. The summed E-state index contributed by atoms with van der Waals surface area (Å²) in [5, 5.41) is 11.5. The number of halogens is 1. The minimum absolute atomic E-state index is 0.0398. The van der Waals surface area contributed by atoms with Gasteiger partial charge in [0.15, 0.2) is 0 Å². The van der Waals surface area contributed by atoms with Gasteiger partial charge in [0.2, 0.25) is 0 Å². The lowest BCUT2D eigenvalue weighted by molar-refractivity contribution is -0.140. The van der Waals surface area contributed by atoms with Crippen LogP contribution < -0.4 is 4.74 Å². The molecule has 1 saturated heterocycles. The summed E-state index contributed by atoms with van der Waals surface area (Å²) in [6.07, 6.45) is 0. The van der Waals surface area contributed by atoms with Crippen LogP contribution in [0.15, 0.2) is 48.0 Å². The quantitative estimate of drug-likeness (QED) is 0.442. The first kappa shape index (κ1) is 20.9. The third-order valence-corrected chi connectivity index (χ3v) is 5.18. The maximum absolute atomic E-state index is 12.9. The van der Waals surface area contributed by atoms with Crippen molar-refractivity contribution in [3.05, 3.63) is 69.8 Å². The number of likely N-dealkylation sites (tertiary alicyclic amines) is 1. The number of amides is 1. The van der Waals surface area contributed by atoms with Crippen LogP contribution >= 0.6 is 11.6 Å². The summed E-state index contributed by atoms with van der Waals surface area (Å²) >= 11 is 6.00. The van der Waals surface area contributed by atoms with Crippen molar-refractivity contribution in [1.29, 1.82) is 0 Å². The molecule has 3 rings (SSSR count). The highest BCUT2D eigenvalue weighted by Gasteiger charge is 2.45. The molecule has 1 atom stereocenters. The topological polar surface area (TPSA) is 76.1 Å². The summed E-state index contributed by atoms with van der Waals surface area (Å²) < 4.78 is 10.3. The van der Waals surface area contributed by atoms with Gasteiger partial charge in [-0.2, -0.15) is 0 Å². The number of nitrogens with zero attached hydrogens (tertiary/aromatic N) is 1. The second-order valence-corrected chi connectivity index (χ2v) is 7.16. The fourth-order valence-electron chi connectivity index (χ4n) is 3.47. The Morgan fingerprint density at radius 2 is 1.83 bits per heavy atom. The number of hydrogen-bond acceptors (Lipinski definition) is 5. The van der Waals surface area contributed by atoms with E-state index in [1.807, 2.05) is 6.92 Å². The molecule has 0 aliphatic carbocycles. The molecule has 2 aromatic rings. The van der Waals surface area contributed by atoms with Crippen molar-refractivity contribution in [1.82, 2.24) is 4.90 Å². The van der Waals surface area contributed by atoms with Gasteiger partial charge in [0.25, 0.3) is 11.7 Å². The molecule has 1 N–H and O–H groups in total. The molecule has 1 fully saturated rings. The molecule has 7 heteroatoms. The highest BCUT2D eigenvalue weighted by Crippen LogP contribution is 2.39. The van der Waals surface area contributed by atoms with Crippen molar-refractivity contribution >= 4 is 29.1 Å². The second kappa shape index (κ2) is 8.68. The average Bonchev–Trinajstić information content (AvgIpc) is 2.96. The van der Waals surface area contributed by atoms with E-state index in [0.717, 1.165) is 5.56 Å². The number of rotatable bonds is 6. The van der Waals surface area contributed by atoms with Crippen molar-refractivity contribution in [3.8, 4) is 5.75 Å². The third-order valence-electron chi connectivity index (χ3n) is 4.93. The maximum atomic E-state index is 12.9. The zero-order chi connectivity index (χ0) is 21.1. The van der Waals surface area contributed by atoms with Gasteiger partial charge in [-0.05, 0) is 48.4 Å². The molecular weight excluding hydrogens is 394 g/mol. The Hall–Kier alpha value is -2.83. The normalized spacial score (nSPS) is 18.3. The van der Waals surface area contributed by atoms with E-state index in [2.05, 4.69) is 0 Å². The Morgan fingerprint density at radius 1 is 1.14 bits per heavy atom. The minimum Gasteiger partial charge on any atom is -0.507 e. The number of carbonyl (C=O) groups is 2. The van der Waals surface area contributed by atoms with Gasteiger partial charge in [-0.3, -0.25) is 9.59 Å². The second-order valence-electron chi connectivity index (χ2n) is 6.72. The van der Waals surface area contributed by atoms with Crippen LogP contribution in [0.5, 0.6) is 5.75 Å². The van der Waals surface area contributed by atoms with Gasteiger partial charge in [-0.15, -0.1) is 0 Å². The Morgan fingerprint density at radius 3 is 2.41 bits per heavy atom. The lowest BCUT2D eigenvalue weighted by Gasteiger charge is -2.25. The van der Waals surface area contributed by atoms with Crippen molar-refractivity contribution in [2.45, 2.75) is 13.0 Å². The maximum Gasteiger partial charge on any atom is 0.295 e. The first-order valence-corrected chi connectivity index (χ1v) is 9.44. The van der Waals surface area contributed by atoms with Crippen LogP contribution in [0.25, 0.3) is 5.76 Å². The summed E-state index contributed by atoms with van der Waals surface area (Å²) in [7, 11) is 3.08. The Kier molecular flexibility index (Phi) is 6.25. The molecule has 29 heavy (non-hydrogen) atoms. The minimum atomic E-state index is -0.732. The molecule has 0 saturated carbocycles. The van der Waals surface area contributed by atoms with E-state index in [-0.39, 0.29) is 24.5 Å². The zero-order valence-corrected chi connectivity index (χ0v) is 17.2. The first-order chi connectivity index (χ1) is 13.9. The summed E-state index contributed by atoms with van der Waals surface area (Å²) in [5.74, 6) is -0.967.